The highest BCUT2D eigenvalue weighted by Crippen LogP contribution is 2.27. The van der Waals surface area contributed by atoms with Crippen molar-refractivity contribution in [3.8, 4) is 0 Å². The first-order valence-corrected chi connectivity index (χ1v) is 6.49. The fourth-order valence-electron chi connectivity index (χ4n) is 2.01. The molecule has 2 fully saturated rings. The minimum absolute atomic E-state index is 0.321. The van der Waals surface area contributed by atoms with Crippen LogP contribution in [-0.2, 0) is 4.79 Å². The van der Waals surface area contributed by atoms with E-state index in [2.05, 4.69) is 10.2 Å². The number of halogens is 1. The van der Waals surface area contributed by atoms with Crippen molar-refractivity contribution in [1.29, 1.82) is 0 Å². The third kappa shape index (κ3) is 3.33. The molecule has 2 aliphatic rings. The average Bonchev–Trinajstić information content (AvgIpc) is 3.13. The summed E-state index contributed by atoms with van der Waals surface area (Å²) in [4.78, 5) is 27.1. The van der Waals surface area contributed by atoms with Gasteiger partial charge in [0.2, 0.25) is 5.91 Å². The molecule has 1 aliphatic carbocycles. The van der Waals surface area contributed by atoms with Gasteiger partial charge in [0.25, 0.3) is 0 Å². The van der Waals surface area contributed by atoms with Gasteiger partial charge in [-0.25, -0.2) is 4.79 Å². The molecule has 96 valence electrons. The Morgan fingerprint density at radius 1 is 1.24 bits per heavy atom. The van der Waals surface area contributed by atoms with Gasteiger partial charge in [-0.2, -0.15) is 0 Å². The van der Waals surface area contributed by atoms with Gasteiger partial charge in [0, 0.05) is 32.2 Å². The van der Waals surface area contributed by atoms with E-state index in [-0.39, 0.29) is 6.03 Å². The van der Waals surface area contributed by atoms with Crippen molar-refractivity contribution in [2.45, 2.75) is 31.2 Å². The van der Waals surface area contributed by atoms with Gasteiger partial charge < -0.3 is 4.90 Å². The Morgan fingerprint density at radius 3 is 2.29 bits per heavy atom. The van der Waals surface area contributed by atoms with Gasteiger partial charge in [-0.15, -0.1) is 11.6 Å². The molecule has 5 nitrogen and oxygen atoms in total. The second-order valence-corrected chi connectivity index (χ2v) is 5.32. The van der Waals surface area contributed by atoms with Gasteiger partial charge in [0.15, 0.2) is 0 Å². The number of hydrogen-bond acceptors (Lipinski definition) is 3. The standard InChI is InChI=1S/C11H18ClN3O2/c1-8(12)10(16)13-11(17)15-6-4-14(5-7-15)9-2-3-9/h8-9H,2-7H2,1H3,(H,13,16,17). The quantitative estimate of drug-likeness (QED) is 0.740. The van der Waals surface area contributed by atoms with Crippen LogP contribution in [0.15, 0.2) is 0 Å². The van der Waals surface area contributed by atoms with Crippen molar-refractivity contribution in [1.82, 2.24) is 15.1 Å². The lowest BCUT2D eigenvalue weighted by Crippen LogP contribution is -2.53. The van der Waals surface area contributed by atoms with Crippen molar-refractivity contribution in [2.75, 3.05) is 26.2 Å². The number of carbonyl (C=O) groups excluding carboxylic acids is 2. The monoisotopic (exact) mass is 259 g/mol. The molecule has 1 N–H and O–H groups in total. The molecular weight excluding hydrogens is 242 g/mol. The molecule has 1 saturated carbocycles. The molecule has 2 rings (SSSR count). The minimum atomic E-state index is -0.674. The molecule has 1 atom stereocenters. The fourth-order valence-corrected chi connectivity index (χ4v) is 2.07. The Bertz CT molecular complexity index is 310. The Balaban J connectivity index is 1.75. The zero-order valence-electron chi connectivity index (χ0n) is 9.99. The van der Waals surface area contributed by atoms with Crippen molar-refractivity contribution in [3.05, 3.63) is 0 Å². The highest BCUT2D eigenvalue weighted by Gasteiger charge is 2.32. The lowest BCUT2D eigenvalue weighted by Gasteiger charge is -2.34. The van der Waals surface area contributed by atoms with Gasteiger partial charge in [-0.05, 0) is 19.8 Å². The van der Waals surface area contributed by atoms with Crippen LogP contribution >= 0.6 is 11.6 Å². The van der Waals surface area contributed by atoms with E-state index < -0.39 is 11.3 Å². The Hall–Kier alpha value is -0.810. The largest absolute Gasteiger partial charge is 0.324 e. The molecule has 3 amide bonds. The molecule has 0 spiro atoms. The molecular formula is C11H18ClN3O2. The molecule has 1 unspecified atom stereocenters. The maximum absolute atomic E-state index is 11.7. The summed E-state index contributed by atoms with van der Waals surface area (Å²) in [7, 11) is 0. The first-order valence-electron chi connectivity index (χ1n) is 6.06. The molecule has 0 aromatic rings. The average molecular weight is 260 g/mol. The molecule has 1 heterocycles. The number of alkyl halides is 1. The normalized spacial score (nSPS) is 23.3. The zero-order chi connectivity index (χ0) is 12.4. The summed E-state index contributed by atoms with van der Waals surface area (Å²) in [6.45, 7) is 4.74. The lowest BCUT2D eigenvalue weighted by atomic mass is 10.3. The lowest BCUT2D eigenvalue weighted by molar-refractivity contribution is -0.119. The Labute approximate surface area is 106 Å². The molecule has 1 saturated heterocycles. The second-order valence-electron chi connectivity index (χ2n) is 4.66. The van der Waals surface area contributed by atoms with E-state index in [9.17, 15) is 9.59 Å². The first-order chi connectivity index (χ1) is 8.08. The van der Waals surface area contributed by atoms with Crippen LogP contribution in [-0.4, -0.2) is 59.3 Å². The number of nitrogens with one attached hydrogen (secondary N) is 1. The fraction of sp³-hybridized carbons (Fsp3) is 0.818. The van der Waals surface area contributed by atoms with E-state index in [4.69, 9.17) is 11.6 Å². The zero-order valence-corrected chi connectivity index (χ0v) is 10.7. The van der Waals surface area contributed by atoms with Crippen molar-refractivity contribution in [3.63, 3.8) is 0 Å². The number of amides is 3. The Kier molecular flexibility index (Phi) is 3.89. The van der Waals surface area contributed by atoms with Crippen LogP contribution < -0.4 is 5.32 Å². The van der Waals surface area contributed by atoms with Gasteiger partial charge in [-0.1, -0.05) is 0 Å². The molecule has 0 aromatic heterocycles. The van der Waals surface area contributed by atoms with Crippen LogP contribution in [0.1, 0.15) is 19.8 Å². The van der Waals surface area contributed by atoms with Crippen LogP contribution in [0.3, 0.4) is 0 Å². The predicted molar refractivity (Wildman–Crippen MR) is 65.0 cm³/mol. The van der Waals surface area contributed by atoms with Crippen LogP contribution in [0.5, 0.6) is 0 Å². The van der Waals surface area contributed by atoms with Gasteiger partial charge in [0.1, 0.15) is 5.38 Å². The van der Waals surface area contributed by atoms with E-state index in [0.717, 1.165) is 19.1 Å². The number of nitrogens with zero attached hydrogens (tertiary/aromatic N) is 2. The van der Waals surface area contributed by atoms with Crippen LogP contribution in [0.25, 0.3) is 0 Å². The molecule has 0 radical (unpaired) electrons. The smallest absolute Gasteiger partial charge is 0.322 e. The number of piperazine rings is 1. The summed E-state index contributed by atoms with van der Waals surface area (Å²) < 4.78 is 0. The van der Waals surface area contributed by atoms with Crippen molar-refractivity contribution < 1.29 is 9.59 Å². The third-order valence-electron chi connectivity index (χ3n) is 3.26. The van der Waals surface area contributed by atoms with Crippen LogP contribution in [0.2, 0.25) is 0 Å². The highest BCUT2D eigenvalue weighted by molar-refractivity contribution is 6.31. The number of carbonyl (C=O) groups is 2. The SMILES string of the molecule is CC(Cl)C(=O)NC(=O)N1CCN(C2CC2)CC1. The maximum atomic E-state index is 11.7. The number of urea groups is 1. The topological polar surface area (TPSA) is 52.7 Å². The Morgan fingerprint density at radius 2 is 1.82 bits per heavy atom. The molecule has 6 heteroatoms. The predicted octanol–water partition coefficient (Wildman–Crippen LogP) is 0.630. The summed E-state index contributed by atoms with van der Waals surface area (Å²) in [5.74, 6) is -0.429. The summed E-state index contributed by atoms with van der Waals surface area (Å²) >= 11 is 5.59. The minimum Gasteiger partial charge on any atom is -0.322 e. The number of rotatable bonds is 2. The van der Waals surface area contributed by atoms with E-state index in [1.54, 1.807) is 11.8 Å². The summed E-state index contributed by atoms with van der Waals surface area (Å²) in [5.41, 5.74) is 0. The van der Waals surface area contributed by atoms with E-state index in [0.29, 0.717) is 13.1 Å². The van der Waals surface area contributed by atoms with Gasteiger partial charge in [-0.3, -0.25) is 15.0 Å². The molecule has 0 aromatic carbocycles. The third-order valence-corrected chi connectivity index (χ3v) is 3.45. The highest BCUT2D eigenvalue weighted by atomic mass is 35.5. The summed E-state index contributed by atoms with van der Waals surface area (Å²) in [6, 6.07) is 0.419. The first kappa shape index (κ1) is 12.6. The molecule has 1 aliphatic heterocycles. The van der Waals surface area contributed by atoms with Crippen molar-refractivity contribution >= 4 is 23.5 Å². The number of imide groups is 1. The summed E-state index contributed by atoms with van der Waals surface area (Å²) in [5, 5.41) is 1.63. The van der Waals surface area contributed by atoms with E-state index in [1.165, 1.54) is 12.8 Å². The molecule has 17 heavy (non-hydrogen) atoms. The van der Waals surface area contributed by atoms with Crippen LogP contribution in [0.4, 0.5) is 4.79 Å². The van der Waals surface area contributed by atoms with E-state index in [1.807, 2.05) is 0 Å². The van der Waals surface area contributed by atoms with Gasteiger partial charge in [0.05, 0.1) is 0 Å². The summed E-state index contributed by atoms with van der Waals surface area (Å²) in [6.07, 6.45) is 2.57. The van der Waals surface area contributed by atoms with Crippen LogP contribution in [0, 0.1) is 0 Å². The van der Waals surface area contributed by atoms with Crippen molar-refractivity contribution in [2.24, 2.45) is 0 Å². The molecule has 0 bridgehead atoms. The maximum Gasteiger partial charge on any atom is 0.324 e. The second kappa shape index (κ2) is 5.23. The van der Waals surface area contributed by atoms with Gasteiger partial charge >= 0.3 is 6.03 Å². The number of hydrogen-bond donors (Lipinski definition) is 1. The van der Waals surface area contributed by atoms with E-state index >= 15 is 0 Å².